The van der Waals surface area contributed by atoms with Gasteiger partial charge in [-0.1, -0.05) is 12.1 Å². The van der Waals surface area contributed by atoms with Crippen LogP contribution in [0.1, 0.15) is 15.9 Å². The molecule has 0 bridgehead atoms. The summed E-state index contributed by atoms with van der Waals surface area (Å²) in [5.74, 6) is 1.51. The quantitative estimate of drug-likeness (QED) is 0.897. The molecule has 132 valence electrons. The fraction of sp³-hybridized carbons (Fsp3) is 0.316. The van der Waals surface area contributed by atoms with Gasteiger partial charge in [-0.2, -0.15) is 0 Å². The maximum Gasteiger partial charge on any atom is 0.203 e. The molecule has 2 aromatic carbocycles. The third-order valence-electron chi connectivity index (χ3n) is 4.24. The van der Waals surface area contributed by atoms with Gasteiger partial charge in [0.2, 0.25) is 11.5 Å². The van der Waals surface area contributed by atoms with Crippen molar-refractivity contribution >= 4 is 5.78 Å². The standard InChI is InChI=1S/C19H20O6/c1-22-15-8-12(9-16(23-2)17(15)24-3)10-19(21)11-25-14-7-5-4-6-13(14)18(19)20/h4-9,21H,10-11H2,1-3H3/t19-/m0/s1. The first-order valence-corrected chi connectivity index (χ1v) is 7.80. The maximum absolute atomic E-state index is 12.8. The van der Waals surface area contributed by atoms with Crippen LogP contribution in [0.15, 0.2) is 36.4 Å². The van der Waals surface area contributed by atoms with Gasteiger partial charge in [0.1, 0.15) is 12.4 Å². The van der Waals surface area contributed by atoms with E-state index in [1.54, 1.807) is 36.4 Å². The number of carbonyl (C=O) groups is 1. The monoisotopic (exact) mass is 344 g/mol. The summed E-state index contributed by atoms with van der Waals surface area (Å²) in [5, 5.41) is 10.9. The van der Waals surface area contributed by atoms with Crippen molar-refractivity contribution in [3.05, 3.63) is 47.5 Å². The predicted molar refractivity (Wildman–Crippen MR) is 91.0 cm³/mol. The molecular weight excluding hydrogens is 324 g/mol. The van der Waals surface area contributed by atoms with Crippen molar-refractivity contribution in [2.45, 2.75) is 12.0 Å². The lowest BCUT2D eigenvalue weighted by molar-refractivity contribution is -0.00197. The number of aliphatic hydroxyl groups is 1. The summed E-state index contributed by atoms with van der Waals surface area (Å²) >= 11 is 0. The first-order chi connectivity index (χ1) is 12.0. The Kier molecular flexibility index (Phi) is 4.55. The molecule has 6 heteroatoms. The molecule has 0 amide bonds. The molecule has 0 unspecified atom stereocenters. The number of methoxy groups -OCH3 is 3. The average Bonchev–Trinajstić information content (AvgIpc) is 2.64. The van der Waals surface area contributed by atoms with E-state index < -0.39 is 5.60 Å². The van der Waals surface area contributed by atoms with Gasteiger partial charge in [-0.25, -0.2) is 0 Å². The maximum atomic E-state index is 12.8. The number of Topliss-reactive ketones (excluding diaryl/α,β-unsaturated/α-hetero) is 1. The van der Waals surface area contributed by atoms with Crippen molar-refractivity contribution in [1.29, 1.82) is 0 Å². The van der Waals surface area contributed by atoms with Crippen molar-refractivity contribution in [3.8, 4) is 23.0 Å². The average molecular weight is 344 g/mol. The Morgan fingerprint density at radius 3 is 2.32 bits per heavy atom. The number of carbonyl (C=O) groups excluding carboxylic acids is 1. The van der Waals surface area contributed by atoms with Gasteiger partial charge in [-0.15, -0.1) is 0 Å². The molecular formula is C19H20O6. The zero-order valence-electron chi connectivity index (χ0n) is 14.4. The van der Waals surface area contributed by atoms with E-state index >= 15 is 0 Å². The minimum atomic E-state index is -1.65. The van der Waals surface area contributed by atoms with Crippen LogP contribution < -0.4 is 18.9 Å². The second kappa shape index (κ2) is 6.64. The van der Waals surface area contributed by atoms with E-state index in [2.05, 4.69) is 0 Å². The van der Waals surface area contributed by atoms with Crippen LogP contribution in [0, 0.1) is 0 Å². The van der Waals surface area contributed by atoms with Gasteiger partial charge in [0, 0.05) is 6.42 Å². The Balaban J connectivity index is 1.96. The molecule has 25 heavy (non-hydrogen) atoms. The summed E-state index contributed by atoms with van der Waals surface area (Å²) in [6, 6.07) is 10.3. The van der Waals surface area contributed by atoms with Crippen molar-refractivity contribution in [1.82, 2.24) is 0 Å². The van der Waals surface area contributed by atoms with E-state index in [4.69, 9.17) is 18.9 Å². The Bertz CT molecular complexity index is 775. The number of benzene rings is 2. The van der Waals surface area contributed by atoms with Gasteiger partial charge in [0.15, 0.2) is 17.1 Å². The summed E-state index contributed by atoms with van der Waals surface area (Å²) in [6.07, 6.45) is 0.0664. The molecule has 1 aliphatic heterocycles. The molecule has 2 aromatic rings. The predicted octanol–water partition coefficient (Wildman–Crippen LogP) is 2.26. The molecule has 1 aliphatic rings. The van der Waals surface area contributed by atoms with E-state index in [0.717, 1.165) is 0 Å². The summed E-state index contributed by atoms with van der Waals surface area (Å²) in [5.41, 5.74) is -0.601. The topological polar surface area (TPSA) is 74.2 Å². The normalized spacial score (nSPS) is 19.0. The van der Waals surface area contributed by atoms with Crippen LogP contribution in [0.5, 0.6) is 23.0 Å². The zero-order valence-corrected chi connectivity index (χ0v) is 14.4. The Labute approximate surface area is 145 Å². The fourth-order valence-electron chi connectivity index (χ4n) is 3.00. The highest BCUT2D eigenvalue weighted by Crippen LogP contribution is 2.40. The van der Waals surface area contributed by atoms with Crippen molar-refractivity contribution in [2.24, 2.45) is 0 Å². The molecule has 6 nitrogen and oxygen atoms in total. The Hall–Kier alpha value is -2.73. The van der Waals surface area contributed by atoms with E-state index in [9.17, 15) is 9.90 Å². The van der Waals surface area contributed by atoms with Gasteiger partial charge < -0.3 is 24.1 Å². The molecule has 0 radical (unpaired) electrons. The summed E-state index contributed by atoms with van der Waals surface area (Å²) in [7, 11) is 4.55. The van der Waals surface area contributed by atoms with Crippen LogP contribution in [0.2, 0.25) is 0 Å². The Morgan fingerprint density at radius 2 is 1.72 bits per heavy atom. The minimum absolute atomic E-state index is 0.0664. The fourth-order valence-corrected chi connectivity index (χ4v) is 3.00. The number of fused-ring (bicyclic) bond motifs is 1. The second-order valence-electron chi connectivity index (χ2n) is 5.86. The lowest BCUT2D eigenvalue weighted by Crippen LogP contribution is -2.49. The number of para-hydroxylation sites is 1. The lowest BCUT2D eigenvalue weighted by Gasteiger charge is -2.32. The van der Waals surface area contributed by atoms with Crippen LogP contribution in [-0.2, 0) is 6.42 Å². The van der Waals surface area contributed by atoms with Crippen molar-refractivity contribution in [3.63, 3.8) is 0 Å². The molecule has 0 aromatic heterocycles. The van der Waals surface area contributed by atoms with Crippen LogP contribution in [0.3, 0.4) is 0 Å². The molecule has 1 N–H and O–H groups in total. The summed E-state index contributed by atoms with van der Waals surface area (Å²) in [6.45, 7) is -0.112. The zero-order chi connectivity index (χ0) is 18.0. The SMILES string of the molecule is COc1cc(C[C@]2(O)COc3ccccc3C2=O)cc(OC)c1OC. The van der Waals surface area contributed by atoms with Gasteiger partial charge >= 0.3 is 0 Å². The molecule has 0 saturated heterocycles. The molecule has 0 saturated carbocycles. The highest BCUT2D eigenvalue weighted by Gasteiger charge is 2.42. The van der Waals surface area contributed by atoms with E-state index in [1.165, 1.54) is 21.3 Å². The molecule has 1 heterocycles. The Morgan fingerprint density at radius 1 is 1.08 bits per heavy atom. The largest absolute Gasteiger partial charge is 0.493 e. The number of ether oxygens (including phenoxy) is 4. The number of hydrogen-bond donors (Lipinski definition) is 1. The second-order valence-corrected chi connectivity index (χ2v) is 5.86. The minimum Gasteiger partial charge on any atom is -0.493 e. The highest BCUT2D eigenvalue weighted by atomic mass is 16.5. The number of rotatable bonds is 5. The molecule has 3 rings (SSSR count). The molecule has 1 atom stereocenters. The lowest BCUT2D eigenvalue weighted by atomic mass is 9.85. The molecule has 0 spiro atoms. The van der Waals surface area contributed by atoms with Gasteiger partial charge in [0.05, 0.1) is 26.9 Å². The number of hydrogen-bond acceptors (Lipinski definition) is 6. The van der Waals surface area contributed by atoms with E-state index in [-0.39, 0.29) is 18.8 Å². The van der Waals surface area contributed by atoms with Gasteiger partial charge in [-0.3, -0.25) is 4.79 Å². The molecule has 0 fully saturated rings. The van der Waals surface area contributed by atoms with Crippen LogP contribution >= 0.6 is 0 Å². The van der Waals surface area contributed by atoms with Crippen LogP contribution in [0.25, 0.3) is 0 Å². The highest BCUT2D eigenvalue weighted by molar-refractivity contribution is 6.05. The number of ketones is 1. The third kappa shape index (κ3) is 3.00. The first kappa shape index (κ1) is 17.1. The smallest absolute Gasteiger partial charge is 0.203 e. The van der Waals surface area contributed by atoms with Crippen molar-refractivity contribution < 1.29 is 28.8 Å². The third-order valence-corrected chi connectivity index (χ3v) is 4.24. The molecule has 0 aliphatic carbocycles. The van der Waals surface area contributed by atoms with E-state index in [1.807, 2.05) is 0 Å². The first-order valence-electron chi connectivity index (χ1n) is 7.80. The van der Waals surface area contributed by atoms with Crippen LogP contribution in [-0.4, -0.2) is 44.4 Å². The summed E-state index contributed by atoms with van der Waals surface area (Å²) in [4.78, 5) is 12.8. The van der Waals surface area contributed by atoms with Crippen LogP contribution in [0.4, 0.5) is 0 Å². The van der Waals surface area contributed by atoms with Gasteiger partial charge in [0.25, 0.3) is 0 Å². The van der Waals surface area contributed by atoms with E-state index in [0.29, 0.717) is 34.1 Å². The van der Waals surface area contributed by atoms with Gasteiger partial charge in [-0.05, 0) is 29.8 Å². The summed E-state index contributed by atoms with van der Waals surface area (Å²) < 4.78 is 21.5. The van der Waals surface area contributed by atoms with Crippen molar-refractivity contribution in [2.75, 3.05) is 27.9 Å².